The van der Waals surface area contributed by atoms with Crippen molar-refractivity contribution >= 4 is 5.91 Å². The molecule has 1 amide bonds. The fourth-order valence-corrected chi connectivity index (χ4v) is 1.89. The fourth-order valence-electron chi connectivity index (χ4n) is 1.89. The maximum Gasteiger partial charge on any atom is 0.279 e. The lowest BCUT2D eigenvalue weighted by atomic mass is 10.2. The largest absolute Gasteiger partial charge is 0.345 e. The Hall–Kier alpha value is -2.25. The van der Waals surface area contributed by atoms with Crippen LogP contribution in [0.1, 0.15) is 52.8 Å². The molecular weight excluding hydrogens is 268 g/mol. The van der Waals surface area contributed by atoms with Gasteiger partial charge >= 0.3 is 0 Å². The van der Waals surface area contributed by atoms with Crippen LogP contribution in [0, 0.1) is 0 Å². The number of aromatic nitrogens is 4. The van der Waals surface area contributed by atoms with Crippen molar-refractivity contribution in [3.63, 3.8) is 0 Å². The molecule has 0 unspecified atom stereocenters. The number of hydrogen-bond donors (Lipinski definition) is 3. The summed E-state index contributed by atoms with van der Waals surface area (Å²) in [7, 11) is 0. The third kappa shape index (κ3) is 2.68. The smallest absolute Gasteiger partial charge is 0.279 e. The number of amides is 1. The third-order valence-electron chi connectivity index (χ3n) is 3.15. The molecule has 0 radical (unpaired) electrons. The van der Waals surface area contributed by atoms with Crippen LogP contribution in [-0.2, 0) is 6.54 Å². The Bertz CT molecular complexity index is 617. The second-order valence-corrected chi connectivity index (χ2v) is 4.78. The van der Waals surface area contributed by atoms with Gasteiger partial charge in [0, 0.05) is 5.92 Å². The third-order valence-corrected chi connectivity index (χ3v) is 3.15. The van der Waals surface area contributed by atoms with Gasteiger partial charge in [-0.05, 0) is 25.0 Å². The Balaban J connectivity index is 1.57. The van der Waals surface area contributed by atoms with E-state index in [0.29, 0.717) is 5.92 Å². The van der Waals surface area contributed by atoms with E-state index in [9.17, 15) is 13.6 Å². The maximum atomic E-state index is 12.4. The second kappa shape index (κ2) is 5.03. The van der Waals surface area contributed by atoms with Crippen molar-refractivity contribution in [2.45, 2.75) is 31.7 Å². The van der Waals surface area contributed by atoms with E-state index in [1.807, 2.05) is 6.07 Å². The first kappa shape index (κ1) is 12.8. The number of carbonyl (C=O) groups excluding carboxylic acids is 1. The number of rotatable bonds is 5. The summed E-state index contributed by atoms with van der Waals surface area (Å²) in [6.07, 6.45) is -0.363. The van der Waals surface area contributed by atoms with Crippen molar-refractivity contribution in [2.75, 3.05) is 0 Å². The average molecular weight is 281 g/mol. The van der Waals surface area contributed by atoms with Gasteiger partial charge in [-0.25, -0.2) is 8.78 Å². The fraction of sp³-hybridized carbons (Fsp3) is 0.417. The van der Waals surface area contributed by atoms with Gasteiger partial charge in [-0.3, -0.25) is 15.0 Å². The Morgan fingerprint density at radius 1 is 1.35 bits per heavy atom. The van der Waals surface area contributed by atoms with Crippen molar-refractivity contribution in [3.8, 4) is 0 Å². The monoisotopic (exact) mass is 281 g/mol. The lowest BCUT2D eigenvalue weighted by Gasteiger charge is -1.99. The van der Waals surface area contributed by atoms with Crippen molar-refractivity contribution < 1.29 is 13.6 Å². The summed E-state index contributed by atoms with van der Waals surface area (Å²) >= 11 is 0. The van der Waals surface area contributed by atoms with Crippen LogP contribution in [0.25, 0.3) is 0 Å². The number of nitrogens with zero attached hydrogens (tertiary/aromatic N) is 2. The minimum atomic E-state index is -2.67. The highest BCUT2D eigenvalue weighted by Gasteiger charge is 2.26. The first-order valence-electron chi connectivity index (χ1n) is 6.29. The molecule has 0 aromatic carbocycles. The van der Waals surface area contributed by atoms with E-state index in [1.54, 1.807) is 0 Å². The molecule has 0 spiro atoms. The van der Waals surface area contributed by atoms with Gasteiger partial charge in [0.15, 0.2) is 0 Å². The van der Waals surface area contributed by atoms with Gasteiger partial charge in [0.2, 0.25) is 0 Å². The summed E-state index contributed by atoms with van der Waals surface area (Å²) in [5.74, 6) is 0.0337. The van der Waals surface area contributed by atoms with E-state index in [0.717, 1.165) is 30.3 Å². The first-order chi connectivity index (χ1) is 9.63. The lowest BCUT2D eigenvalue weighted by molar-refractivity contribution is 0.0945. The molecule has 106 valence electrons. The van der Waals surface area contributed by atoms with Gasteiger partial charge in [0.1, 0.15) is 11.4 Å². The molecule has 0 aliphatic heterocycles. The SMILES string of the molecule is O=C(NCc1cc(C2CC2)n[nH]1)c1cc(C(F)F)[nH]n1. The first-order valence-corrected chi connectivity index (χ1v) is 6.29. The maximum absolute atomic E-state index is 12.4. The van der Waals surface area contributed by atoms with E-state index < -0.39 is 12.3 Å². The molecular formula is C12H13F2N5O. The Labute approximate surface area is 113 Å². The van der Waals surface area contributed by atoms with E-state index >= 15 is 0 Å². The molecule has 0 atom stereocenters. The van der Waals surface area contributed by atoms with Gasteiger partial charge < -0.3 is 5.32 Å². The number of alkyl halides is 2. The van der Waals surface area contributed by atoms with Crippen LogP contribution in [0.2, 0.25) is 0 Å². The molecule has 0 bridgehead atoms. The summed E-state index contributed by atoms with van der Waals surface area (Å²) in [5, 5.41) is 15.3. The highest BCUT2D eigenvalue weighted by molar-refractivity contribution is 5.92. The zero-order chi connectivity index (χ0) is 14.1. The zero-order valence-corrected chi connectivity index (χ0v) is 10.5. The Morgan fingerprint density at radius 2 is 2.15 bits per heavy atom. The van der Waals surface area contributed by atoms with Crippen LogP contribution in [0.3, 0.4) is 0 Å². The number of hydrogen-bond acceptors (Lipinski definition) is 3. The zero-order valence-electron chi connectivity index (χ0n) is 10.5. The van der Waals surface area contributed by atoms with Crippen LogP contribution in [0.5, 0.6) is 0 Å². The van der Waals surface area contributed by atoms with Crippen LogP contribution in [0.15, 0.2) is 12.1 Å². The molecule has 3 rings (SSSR count). The average Bonchev–Trinajstić information content (AvgIpc) is 2.98. The standard InChI is InChI=1S/C12H13F2N5O/c13-11(14)9-4-10(19-18-9)12(20)15-5-7-3-8(17-16-7)6-1-2-6/h3-4,6,11H,1-2,5H2,(H,15,20)(H,16,17)(H,18,19). The number of aromatic amines is 2. The van der Waals surface area contributed by atoms with E-state index in [-0.39, 0.29) is 17.9 Å². The number of nitrogens with one attached hydrogen (secondary N) is 3. The van der Waals surface area contributed by atoms with Gasteiger partial charge in [0.25, 0.3) is 12.3 Å². The summed E-state index contributed by atoms with van der Waals surface area (Å²) < 4.78 is 24.7. The van der Waals surface area contributed by atoms with Gasteiger partial charge in [-0.1, -0.05) is 0 Å². The van der Waals surface area contributed by atoms with Gasteiger partial charge in [-0.15, -0.1) is 0 Å². The predicted octanol–water partition coefficient (Wildman–Crippen LogP) is 1.88. The molecule has 1 aliphatic rings. The van der Waals surface area contributed by atoms with E-state index in [4.69, 9.17) is 0 Å². The van der Waals surface area contributed by atoms with Crippen LogP contribution in [0.4, 0.5) is 8.78 Å². The predicted molar refractivity (Wildman–Crippen MR) is 65.3 cm³/mol. The molecule has 8 heteroatoms. The highest BCUT2D eigenvalue weighted by atomic mass is 19.3. The normalized spacial score (nSPS) is 14.8. The topological polar surface area (TPSA) is 86.5 Å². The highest BCUT2D eigenvalue weighted by Crippen LogP contribution is 2.38. The second-order valence-electron chi connectivity index (χ2n) is 4.78. The van der Waals surface area contributed by atoms with Crippen molar-refractivity contribution in [3.05, 3.63) is 34.9 Å². The van der Waals surface area contributed by atoms with E-state index in [2.05, 4.69) is 25.7 Å². The molecule has 1 saturated carbocycles. The lowest BCUT2D eigenvalue weighted by Crippen LogP contribution is -2.23. The number of H-pyrrole nitrogens is 2. The van der Waals surface area contributed by atoms with Gasteiger partial charge in [-0.2, -0.15) is 10.2 Å². The molecule has 1 fully saturated rings. The molecule has 20 heavy (non-hydrogen) atoms. The van der Waals surface area contributed by atoms with Crippen molar-refractivity contribution in [2.24, 2.45) is 0 Å². The Morgan fingerprint density at radius 3 is 2.80 bits per heavy atom. The summed E-state index contributed by atoms with van der Waals surface area (Å²) in [6.45, 7) is 0.259. The summed E-state index contributed by atoms with van der Waals surface area (Å²) in [5.41, 5.74) is 1.37. The van der Waals surface area contributed by atoms with Crippen LogP contribution < -0.4 is 5.32 Å². The molecule has 3 N–H and O–H groups in total. The molecule has 2 aromatic rings. The quantitative estimate of drug-likeness (QED) is 0.782. The molecule has 0 saturated heterocycles. The van der Waals surface area contributed by atoms with Crippen molar-refractivity contribution in [1.29, 1.82) is 0 Å². The molecule has 6 nitrogen and oxygen atoms in total. The minimum absolute atomic E-state index is 0.0535. The summed E-state index contributed by atoms with van der Waals surface area (Å²) in [4.78, 5) is 11.7. The minimum Gasteiger partial charge on any atom is -0.345 e. The Kier molecular flexibility index (Phi) is 3.21. The van der Waals surface area contributed by atoms with Gasteiger partial charge in [0.05, 0.1) is 17.9 Å². The summed E-state index contributed by atoms with van der Waals surface area (Å²) in [6, 6.07) is 2.95. The van der Waals surface area contributed by atoms with E-state index in [1.165, 1.54) is 0 Å². The van der Waals surface area contributed by atoms with Crippen LogP contribution in [-0.4, -0.2) is 26.3 Å². The number of halogens is 2. The van der Waals surface area contributed by atoms with Crippen molar-refractivity contribution in [1.82, 2.24) is 25.7 Å². The molecule has 1 aliphatic carbocycles. The number of carbonyl (C=O) groups is 1. The molecule has 2 aromatic heterocycles. The van der Waals surface area contributed by atoms with Crippen LogP contribution >= 0.6 is 0 Å². The molecule has 2 heterocycles.